The van der Waals surface area contributed by atoms with E-state index in [9.17, 15) is 4.79 Å². The highest BCUT2D eigenvalue weighted by atomic mass is 16.3. The molecule has 0 unspecified atom stereocenters. The highest BCUT2D eigenvalue weighted by molar-refractivity contribution is 5.76. The van der Waals surface area contributed by atoms with E-state index < -0.39 is 0 Å². The van der Waals surface area contributed by atoms with Gasteiger partial charge in [0, 0.05) is 26.1 Å². The van der Waals surface area contributed by atoms with Crippen molar-refractivity contribution in [3.05, 3.63) is 0 Å². The van der Waals surface area contributed by atoms with Crippen molar-refractivity contribution in [1.82, 2.24) is 4.90 Å². The third-order valence-electron chi connectivity index (χ3n) is 4.50. The number of rotatable bonds is 4. The standard InChI is InChI=1S/C14H25NO2/c16-11-5-2-6-13(17)15-10-9-14(12-15)7-3-1-4-8-14/h16H,1-12H2. The second-order valence-corrected chi connectivity index (χ2v) is 5.81. The molecule has 2 rings (SSSR count). The number of carbonyl (C=O) groups excluding carboxylic acids is 1. The van der Waals surface area contributed by atoms with Crippen molar-refractivity contribution >= 4 is 5.91 Å². The first-order chi connectivity index (χ1) is 8.26. The number of hydrogen-bond donors (Lipinski definition) is 1. The maximum Gasteiger partial charge on any atom is 0.222 e. The molecule has 1 spiro atoms. The summed E-state index contributed by atoms with van der Waals surface area (Å²) >= 11 is 0. The Morgan fingerprint density at radius 1 is 1.12 bits per heavy atom. The number of likely N-dealkylation sites (tertiary alicyclic amines) is 1. The second kappa shape index (κ2) is 5.85. The number of carbonyl (C=O) groups is 1. The van der Waals surface area contributed by atoms with Crippen LogP contribution in [0.25, 0.3) is 0 Å². The van der Waals surface area contributed by atoms with E-state index in [0.29, 0.717) is 17.7 Å². The molecule has 98 valence electrons. The van der Waals surface area contributed by atoms with Crippen LogP contribution in [0.2, 0.25) is 0 Å². The van der Waals surface area contributed by atoms with Gasteiger partial charge in [-0.25, -0.2) is 0 Å². The van der Waals surface area contributed by atoms with Gasteiger partial charge in [0.25, 0.3) is 0 Å². The van der Waals surface area contributed by atoms with E-state index in [1.54, 1.807) is 0 Å². The summed E-state index contributed by atoms with van der Waals surface area (Å²) in [5.74, 6) is 0.306. The first-order valence-electron chi connectivity index (χ1n) is 7.14. The van der Waals surface area contributed by atoms with Crippen molar-refractivity contribution in [3.8, 4) is 0 Å². The smallest absolute Gasteiger partial charge is 0.222 e. The average molecular weight is 239 g/mol. The molecule has 0 radical (unpaired) electrons. The highest BCUT2D eigenvalue weighted by Crippen LogP contribution is 2.43. The van der Waals surface area contributed by atoms with Crippen molar-refractivity contribution < 1.29 is 9.90 Å². The molecule has 1 heterocycles. The zero-order valence-corrected chi connectivity index (χ0v) is 10.8. The Kier molecular flexibility index (Phi) is 4.43. The molecule has 0 aromatic carbocycles. The first-order valence-corrected chi connectivity index (χ1v) is 7.14. The summed E-state index contributed by atoms with van der Waals surface area (Å²) in [7, 11) is 0. The number of nitrogens with zero attached hydrogens (tertiary/aromatic N) is 1. The predicted octanol–water partition coefficient (Wildman–Crippen LogP) is 2.33. The Morgan fingerprint density at radius 2 is 1.88 bits per heavy atom. The lowest BCUT2D eigenvalue weighted by Crippen LogP contribution is -2.33. The van der Waals surface area contributed by atoms with Crippen molar-refractivity contribution in [2.24, 2.45) is 5.41 Å². The van der Waals surface area contributed by atoms with Crippen LogP contribution in [0, 0.1) is 5.41 Å². The van der Waals surface area contributed by atoms with Crippen LogP contribution in [0.5, 0.6) is 0 Å². The minimum Gasteiger partial charge on any atom is -0.396 e. The summed E-state index contributed by atoms with van der Waals surface area (Å²) in [5.41, 5.74) is 0.477. The van der Waals surface area contributed by atoms with Gasteiger partial charge in [0.15, 0.2) is 0 Å². The van der Waals surface area contributed by atoms with Gasteiger partial charge in [0.2, 0.25) is 5.91 Å². The van der Waals surface area contributed by atoms with Gasteiger partial charge in [-0.15, -0.1) is 0 Å². The maximum atomic E-state index is 12.0. The van der Waals surface area contributed by atoms with E-state index in [0.717, 1.165) is 25.9 Å². The Hall–Kier alpha value is -0.570. The van der Waals surface area contributed by atoms with Crippen LogP contribution >= 0.6 is 0 Å². The Balaban J connectivity index is 1.78. The molecule has 1 saturated heterocycles. The summed E-state index contributed by atoms with van der Waals surface area (Å²) in [6.45, 7) is 2.18. The molecule has 3 nitrogen and oxygen atoms in total. The van der Waals surface area contributed by atoms with Gasteiger partial charge in [-0.1, -0.05) is 19.3 Å². The zero-order chi connectivity index (χ0) is 12.1. The SMILES string of the molecule is O=C(CCCCO)N1CCC2(CCCCC2)C1. The quantitative estimate of drug-likeness (QED) is 0.765. The van der Waals surface area contributed by atoms with Crippen LogP contribution in [0.4, 0.5) is 0 Å². The monoisotopic (exact) mass is 239 g/mol. The minimum absolute atomic E-state index is 0.206. The van der Waals surface area contributed by atoms with Crippen molar-refractivity contribution in [1.29, 1.82) is 0 Å². The fourth-order valence-electron chi connectivity index (χ4n) is 3.40. The minimum atomic E-state index is 0.206. The van der Waals surface area contributed by atoms with Crippen LogP contribution in [-0.2, 0) is 4.79 Å². The number of aliphatic hydroxyl groups is 1. The van der Waals surface area contributed by atoms with Gasteiger partial charge in [-0.05, 0) is 37.5 Å². The molecule has 1 amide bonds. The van der Waals surface area contributed by atoms with E-state index in [-0.39, 0.29) is 6.61 Å². The summed E-state index contributed by atoms with van der Waals surface area (Å²) in [6.07, 6.45) is 10.2. The summed E-state index contributed by atoms with van der Waals surface area (Å²) < 4.78 is 0. The summed E-state index contributed by atoms with van der Waals surface area (Å²) in [5, 5.41) is 8.72. The lowest BCUT2D eigenvalue weighted by molar-refractivity contribution is -0.130. The molecule has 0 aromatic heterocycles. The molecule has 1 aliphatic heterocycles. The zero-order valence-electron chi connectivity index (χ0n) is 10.8. The lowest BCUT2D eigenvalue weighted by atomic mass is 9.73. The number of unbranched alkanes of at least 4 members (excludes halogenated alkanes) is 1. The highest BCUT2D eigenvalue weighted by Gasteiger charge is 2.39. The van der Waals surface area contributed by atoms with Crippen LogP contribution in [-0.4, -0.2) is 35.6 Å². The molecule has 1 saturated carbocycles. The Morgan fingerprint density at radius 3 is 2.59 bits per heavy atom. The van der Waals surface area contributed by atoms with Crippen molar-refractivity contribution in [3.63, 3.8) is 0 Å². The van der Waals surface area contributed by atoms with Gasteiger partial charge < -0.3 is 10.0 Å². The van der Waals surface area contributed by atoms with E-state index in [1.165, 1.54) is 38.5 Å². The van der Waals surface area contributed by atoms with E-state index >= 15 is 0 Å². The number of aliphatic hydroxyl groups excluding tert-OH is 1. The van der Waals surface area contributed by atoms with Gasteiger partial charge in [-0.3, -0.25) is 4.79 Å². The second-order valence-electron chi connectivity index (χ2n) is 5.81. The van der Waals surface area contributed by atoms with Crippen LogP contribution < -0.4 is 0 Å². The molecule has 1 N–H and O–H groups in total. The number of amides is 1. The largest absolute Gasteiger partial charge is 0.396 e. The maximum absolute atomic E-state index is 12.0. The predicted molar refractivity (Wildman–Crippen MR) is 67.7 cm³/mol. The molecular weight excluding hydrogens is 214 g/mol. The van der Waals surface area contributed by atoms with Crippen molar-refractivity contribution in [2.75, 3.05) is 19.7 Å². The molecule has 0 bridgehead atoms. The summed E-state index contributed by atoms with van der Waals surface area (Å²) in [4.78, 5) is 14.1. The topological polar surface area (TPSA) is 40.5 Å². The fraction of sp³-hybridized carbons (Fsp3) is 0.929. The molecule has 1 aliphatic carbocycles. The molecule has 2 fully saturated rings. The van der Waals surface area contributed by atoms with Gasteiger partial charge >= 0.3 is 0 Å². The van der Waals surface area contributed by atoms with Gasteiger partial charge in [0.1, 0.15) is 0 Å². The van der Waals surface area contributed by atoms with Crippen LogP contribution in [0.1, 0.15) is 57.8 Å². The Bertz CT molecular complexity index is 259. The van der Waals surface area contributed by atoms with Crippen LogP contribution in [0.3, 0.4) is 0 Å². The normalized spacial score (nSPS) is 23.2. The Labute approximate surface area is 104 Å². The molecule has 0 aromatic rings. The van der Waals surface area contributed by atoms with Gasteiger partial charge in [-0.2, -0.15) is 0 Å². The number of hydrogen-bond acceptors (Lipinski definition) is 2. The fourth-order valence-corrected chi connectivity index (χ4v) is 3.40. The van der Waals surface area contributed by atoms with Gasteiger partial charge in [0.05, 0.1) is 0 Å². The van der Waals surface area contributed by atoms with E-state index in [4.69, 9.17) is 5.11 Å². The molecule has 17 heavy (non-hydrogen) atoms. The summed E-state index contributed by atoms with van der Waals surface area (Å²) in [6, 6.07) is 0. The lowest BCUT2D eigenvalue weighted by Gasteiger charge is -2.33. The molecular formula is C14H25NO2. The van der Waals surface area contributed by atoms with E-state index in [1.807, 2.05) is 0 Å². The third-order valence-corrected chi connectivity index (χ3v) is 4.50. The molecule has 0 atom stereocenters. The molecule has 2 aliphatic rings. The van der Waals surface area contributed by atoms with Crippen LogP contribution in [0.15, 0.2) is 0 Å². The third kappa shape index (κ3) is 3.21. The first kappa shape index (κ1) is 12.9. The molecule has 3 heteroatoms. The van der Waals surface area contributed by atoms with Crippen molar-refractivity contribution in [2.45, 2.75) is 57.8 Å². The van der Waals surface area contributed by atoms with E-state index in [2.05, 4.69) is 4.90 Å². The average Bonchev–Trinajstić information content (AvgIpc) is 2.74.